The maximum atomic E-state index is 11.6. The second-order valence-corrected chi connectivity index (χ2v) is 12.3. The number of aliphatic hydroxyl groups excluding tert-OH is 1. The summed E-state index contributed by atoms with van der Waals surface area (Å²) in [4.78, 5) is 11.6. The van der Waals surface area contributed by atoms with E-state index in [2.05, 4.69) is 49.9 Å². The van der Waals surface area contributed by atoms with Gasteiger partial charge in [0.15, 0.2) is 0 Å². The number of esters is 1. The van der Waals surface area contributed by atoms with Gasteiger partial charge in [-0.3, -0.25) is 0 Å². The predicted molar refractivity (Wildman–Crippen MR) is 160 cm³/mol. The fourth-order valence-electron chi connectivity index (χ4n) is 6.52. The smallest absolute Gasteiger partial charge is 0.333 e. The van der Waals surface area contributed by atoms with E-state index < -0.39 is 5.97 Å². The Morgan fingerprint density at radius 1 is 0.974 bits per heavy atom. The predicted octanol–water partition coefficient (Wildman–Crippen LogP) is 8.46. The zero-order valence-corrected chi connectivity index (χ0v) is 24.3. The van der Waals surface area contributed by atoms with Gasteiger partial charge in [-0.1, -0.05) is 75.6 Å². The summed E-state index contributed by atoms with van der Waals surface area (Å²) >= 11 is 0. The normalized spacial score (nSPS) is 24.4. The molecule has 1 aliphatic carbocycles. The molecule has 1 saturated heterocycles. The van der Waals surface area contributed by atoms with Crippen LogP contribution < -0.4 is 0 Å². The monoisotopic (exact) mass is 534 g/mol. The summed E-state index contributed by atoms with van der Waals surface area (Å²) in [7, 11) is 0. The highest BCUT2D eigenvalue weighted by atomic mass is 16.5. The van der Waals surface area contributed by atoms with Crippen LogP contribution in [0.3, 0.4) is 0 Å². The summed E-state index contributed by atoms with van der Waals surface area (Å²) in [6.07, 6.45) is 15.1. The number of hydrogen-bond acceptors (Lipinski definition) is 4. The molecule has 2 aliphatic rings. The molecule has 2 aromatic carbocycles. The SMILES string of the molecule is C=C(C)C(=O)OCC(CO)CCC1CCC(c2ccc3cc(C4CCC(CCCCC)CC4)ccc3c2)CO1. The molecule has 2 fully saturated rings. The Kier molecular flexibility index (Phi) is 11.5. The van der Waals surface area contributed by atoms with Gasteiger partial charge < -0.3 is 14.6 Å². The maximum Gasteiger partial charge on any atom is 0.333 e. The van der Waals surface area contributed by atoms with E-state index >= 15 is 0 Å². The molecular formula is C35H50O4. The topological polar surface area (TPSA) is 55.8 Å². The molecule has 0 amide bonds. The number of unbranched alkanes of at least 4 members (excludes halogenated alkanes) is 2. The van der Waals surface area contributed by atoms with E-state index in [-0.39, 0.29) is 25.2 Å². The molecule has 3 atom stereocenters. The van der Waals surface area contributed by atoms with Gasteiger partial charge >= 0.3 is 5.97 Å². The van der Waals surface area contributed by atoms with Crippen LogP contribution in [-0.4, -0.2) is 37.0 Å². The van der Waals surface area contributed by atoms with Gasteiger partial charge in [-0.15, -0.1) is 0 Å². The molecule has 3 unspecified atom stereocenters. The first-order valence-corrected chi connectivity index (χ1v) is 15.6. The van der Waals surface area contributed by atoms with E-state index in [4.69, 9.17) is 9.47 Å². The van der Waals surface area contributed by atoms with Crippen molar-refractivity contribution in [1.29, 1.82) is 0 Å². The standard InChI is InChI=1S/C35H50O4/c1-4-5-6-7-26-8-11-28(12-9-26)29-13-14-31-21-32(16-15-30(31)20-29)33-17-19-34(38-24-33)18-10-27(22-36)23-39-35(37)25(2)3/h13-16,20-21,26-28,33-34,36H,2,4-12,17-19,22-24H2,1,3H3. The molecule has 39 heavy (non-hydrogen) atoms. The van der Waals surface area contributed by atoms with Gasteiger partial charge in [-0.05, 0) is 92.0 Å². The van der Waals surface area contributed by atoms with Gasteiger partial charge in [0, 0.05) is 24.0 Å². The van der Waals surface area contributed by atoms with Crippen molar-refractivity contribution in [2.45, 2.75) is 109 Å². The minimum Gasteiger partial charge on any atom is -0.462 e. The summed E-state index contributed by atoms with van der Waals surface area (Å²) in [5, 5.41) is 12.4. The van der Waals surface area contributed by atoms with Crippen molar-refractivity contribution in [1.82, 2.24) is 0 Å². The second-order valence-electron chi connectivity index (χ2n) is 12.3. The van der Waals surface area contributed by atoms with Crippen LogP contribution >= 0.6 is 0 Å². The number of carbonyl (C=O) groups excluding carboxylic acids is 1. The average molecular weight is 535 g/mol. The molecule has 1 N–H and O–H groups in total. The third-order valence-electron chi connectivity index (χ3n) is 9.22. The van der Waals surface area contributed by atoms with Crippen LogP contribution in [0.1, 0.15) is 114 Å². The van der Waals surface area contributed by atoms with Gasteiger partial charge in [0.05, 0.1) is 19.3 Å². The molecule has 0 spiro atoms. The fourth-order valence-corrected chi connectivity index (χ4v) is 6.52. The molecule has 2 aromatic rings. The summed E-state index contributed by atoms with van der Waals surface area (Å²) in [5.41, 5.74) is 3.29. The maximum absolute atomic E-state index is 11.6. The van der Waals surface area contributed by atoms with Crippen LogP contribution in [0.5, 0.6) is 0 Å². The molecule has 1 aliphatic heterocycles. The Hall–Kier alpha value is -2.17. The zero-order chi connectivity index (χ0) is 27.6. The lowest BCUT2D eigenvalue weighted by atomic mass is 9.76. The third-order valence-corrected chi connectivity index (χ3v) is 9.22. The van der Waals surface area contributed by atoms with Gasteiger partial charge in [0.25, 0.3) is 0 Å². The largest absolute Gasteiger partial charge is 0.462 e. The molecule has 4 nitrogen and oxygen atoms in total. The Balaban J connectivity index is 1.24. The van der Waals surface area contributed by atoms with Crippen LogP contribution in [0.25, 0.3) is 10.8 Å². The van der Waals surface area contributed by atoms with Crippen LogP contribution in [0.4, 0.5) is 0 Å². The number of aliphatic hydroxyl groups is 1. The van der Waals surface area contributed by atoms with Gasteiger partial charge in [0.1, 0.15) is 0 Å². The molecule has 4 heteroatoms. The van der Waals surface area contributed by atoms with Crippen molar-refractivity contribution < 1.29 is 19.4 Å². The van der Waals surface area contributed by atoms with Crippen LogP contribution in [0.15, 0.2) is 48.6 Å². The molecule has 0 aromatic heterocycles. The number of hydrogen-bond donors (Lipinski definition) is 1. The molecule has 1 saturated carbocycles. The summed E-state index contributed by atoms with van der Waals surface area (Å²) in [6.45, 7) is 8.52. The van der Waals surface area contributed by atoms with Crippen LogP contribution in [0, 0.1) is 11.8 Å². The van der Waals surface area contributed by atoms with Crippen molar-refractivity contribution in [3.8, 4) is 0 Å². The van der Waals surface area contributed by atoms with E-state index in [0.29, 0.717) is 11.5 Å². The van der Waals surface area contributed by atoms with E-state index in [1.54, 1.807) is 6.92 Å². The quantitative estimate of drug-likeness (QED) is 0.159. The van der Waals surface area contributed by atoms with Gasteiger partial charge in [-0.25, -0.2) is 4.79 Å². The minimum absolute atomic E-state index is 0.0118. The number of rotatable bonds is 13. The Morgan fingerprint density at radius 2 is 1.64 bits per heavy atom. The summed E-state index contributed by atoms with van der Waals surface area (Å²) < 4.78 is 11.5. The number of ether oxygens (including phenoxy) is 2. The Bertz CT molecular complexity index is 1060. The van der Waals surface area contributed by atoms with Gasteiger partial charge in [-0.2, -0.15) is 0 Å². The van der Waals surface area contributed by atoms with E-state index in [0.717, 1.165) is 44.1 Å². The highest BCUT2D eigenvalue weighted by molar-refractivity contribution is 5.87. The zero-order valence-electron chi connectivity index (χ0n) is 24.3. The molecule has 0 radical (unpaired) electrons. The average Bonchev–Trinajstić information content (AvgIpc) is 2.97. The number of fused-ring (bicyclic) bond motifs is 1. The van der Waals surface area contributed by atoms with Crippen LogP contribution in [-0.2, 0) is 14.3 Å². The fraction of sp³-hybridized carbons (Fsp3) is 0.629. The molecular weight excluding hydrogens is 484 g/mol. The molecule has 214 valence electrons. The number of benzene rings is 2. The lowest BCUT2D eigenvalue weighted by molar-refractivity contribution is -0.140. The summed E-state index contributed by atoms with van der Waals surface area (Å²) in [5.74, 6) is 1.66. The van der Waals surface area contributed by atoms with E-state index in [1.807, 2.05) is 0 Å². The number of carbonyl (C=O) groups is 1. The highest BCUT2D eigenvalue weighted by Gasteiger charge is 2.25. The summed E-state index contributed by atoms with van der Waals surface area (Å²) in [6, 6.07) is 14.2. The van der Waals surface area contributed by atoms with Crippen LogP contribution in [0.2, 0.25) is 0 Å². The van der Waals surface area contributed by atoms with Crippen molar-refractivity contribution in [3.63, 3.8) is 0 Å². The van der Waals surface area contributed by atoms with Crippen molar-refractivity contribution in [2.24, 2.45) is 11.8 Å². The second kappa shape index (κ2) is 15.0. The van der Waals surface area contributed by atoms with Crippen molar-refractivity contribution in [2.75, 3.05) is 19.8 Å². The lowest BCUT2D eigenvalue weighted by Crippen LogP contribution is -2.26. The van der Waals surface area contributed by atoms with E-state index in [9.17, 15) is 9.90 Å². The van der Waals surface area contributed by atoms with Crippen molar-refractivity contribution in [3.05, 3.63) is 59.7 Å². The minimum atomic E-state index is -0.392. The van der Waals surface area contributed by atoms with Gasteiger partial charge in [0.2, 0.25) is 0 Å². The first kappa shape index (κ1) is 29.8. The third kappa shape index (κ3) is 8.66. The molecule has 1 heterocycles. The molecule has 4 rings (SSSR count). The Labute approximate surface area is 236 Å². The van der Waals surface area contributed by atoms with E-state index in [1.165, 1.54) is 73.3 Å². The van der Waals surface area contributed by atoms with Crippen molar-refractivity contribution >= 4 is 16.7 Å². The first-order valence-electron chi connectivity index (χ1n) is 15.6. The first-order chi connectivity index (χ1) is 19.0. The molecule has 0 bridgehead atoms. The highest BCUT2D eigenvalue weighted by Crippen LogP contribution is 2.39. The Morgan fingerprint density at radius 3 is 2.23 bits per heavy atom. The lowest BCUT2D eigenvalue weighted by Gasteiger charge is -2.30.